The molecule has 0 bridgehead atoms. The second-order valence-corrected chi connectivity index (χ2v) is 14.4. The summed E-state index contributed by atoms with van der Waals surface area (Å²) in [4.78, 5) is 0. The molecule has 2 aliphatic rings. The lowest BCUT2D eigenvalue weighted by Gasteiger charge is -2.27. The second kappa shape index (κ2) is 12.0. The number of hydrogen-bond acceptors (Lipinski definition) is 0. The van der Waals surface area contributed by atoms with Gasteiger partial charge in [0, 0.05) is 33.4 Å². The molecule has 0 unspecified atom stereocenters. The van der Waals surface area contributed by atoms with Crippen molar-refractivity contribution in [2.45, 2.75) is 11.8 Å². The Hall–Kier alpha value is -4.98. The highest BCUT2D eigenvalue weighted by Crippen LogP contribution is 2.57. The zero-order valence-corrected chi connectivity index (χ0v) is 26.4. The zero-order valence-electron chi connectivity index (χ0n) is 25.3. The predicted octanol–water partition coefficient (Wildman–Crippen LogP) is 9.09. The molecule has 0 nitrogen and oxygen atoms in total. The van der Waals surface area contributed by atoms with Crippen molar-refractivity contribution in [1.29, 1.82) is 0 Å². The molecule has 2 aliphatic carbocycles. The summed E-state index contributed by atoms with van der Waals surface area (Å²) in [5, 5.41) is 0. The third-order valence-corrected chi connectivity index (χ3v) is 12.4. The van der Waals surface area contributed by atoms with Crippen molar-refractivity contribution in [3.8, 4) is 22.3 Å². The van der Waals surface area contributed by atoms with Crippen LogP contribution in [0.15, 0.2) is 0 Å². The predicted molar refractivity (Wildman–Crippen MR) is 140 cm³/mol. The van der Waals surface area contributed by atoms with Crippen molar-refractivity contribution < 1.29 is 101 Å². The van der Waals surface area contributed by atoms with E-state index in [1.165, 1.54) is 0 Å². The molecule has 0 N–H and O–H groups in total. The minimum Gasteiger partial charge on any atom is -0.205 e. The van der Waals surface area contributed by atoms with E-state index in [2.05, 4.69) is 0 Å². The molecule has 0 atom stereocenters. The molecule has 0 radical (unpaired) electrons. The maximum atomic E-state index is 16.2. The molecule has 0 fully saturated rings. The molecule has 7 rings (SSSR count). The summed E-state index contributed by atoms with van der Waals surface area (Å²) in [6, 6.07) is 0. The van der Waals surface area contributed by atoms with E-state index < -0.39 is 194 Å². The number of hydrogen-bond donors (Lipinski definition) is 0. The van der Waals surface area contributed by atoms with Crippen LogP contribution in [0.25, 0.3) is 22.3 Å². The fourth-order valence-electron chi connectivity index (χ4n) is 6.90. The van der Waals surface area contributed by atoms with Gasteiger partial charge in [-0.1, -0.05) is 8.85 Å². The monoisotopic (exact) mass is 848 g/mol. The summed E-state index contributed by atoms with van der Waals surface area (Å²) in [6.45, 7) is 0. The van der Waals surface area contributed by atoms with Crippen LogP contribution >= 0.6 is 0 Å². The van der Waals surface area contributed by atoms with Gasteiger partial charge in [-0.3, -0.25) is 0 Å². The Morgan fingerprint density at radius 3 is 0.714 bits per heavy atom. The van der Waals surface area contributed by atoms with Crippen LogP contribution in [0.4, 0.5) is 101 Å². The first-order valence-corrected chi connectivity index (χ1v) is 15.9. The van der Waals surface area contributed by atoms with Gasteiger partial charge in [0.1, 0.15) is 0 Å². The molecule has 0 spiro atoms. The smallest absolute Gasteiger partial charge is 0.205 e. The SMILES string of the molecule is Fc1c(F)c(F)[c]([Al]([c]2c(F)c(F)c(F)c3c2C(F)(F)c2c(F)c(F)c(F)c(F)c2-3)[c]2c(F)c(F)c(F)c3c2C(F)(F)c2c(F)c(F)c(F)c(F)c2-3)c(F)c1F. The van der Waals surface area contributed by atoms with Crippen molar-refractivity contribution in [3.05, 3.63) is 133 Å². The molecule has 24 heteroatoms. The summed E-state index contributed by atoms with van der Waals surface area (Å²) >= 11 is -7.05. The Balaban J connectivity index is 1.80. The van der Waals surface area contributed by atoms with E-state index in [4.69, 9.17) is 0 Å². The first-order chi connectivity index (χ1) is 25.8. The number of fused-ring (bicyclic) bond motifs is 6. The topological polar surface area (TPSA) is 0 Å². The van der Waals surface area contributed by atoms with Gasteiger partial charge < -0.3 is 0 Å². The van der Waals surface area contributed by atoms with E-state index in [1.54, 1.807) is 0 Å². The molecule has 0 heterocycles. The van der Waals surface area contributed by atoms with E-state index in [9.17, 15) is 39.5 Å². The van der Waals surface area contributed by atoms with E-state index >= 15 is 61.5 Å². The van der Waals surface area contributed by atoms with E-state index in [0.717, 1.165) is 0 Å². The standard InChI is InChI=1S/2C13F9.C6F5.Al/c2*14-3-1-2-4(8(16)7(3)15)5-6(13(2,21)22)10(18)12(20)11(19)9(5)17;7-2-1-3(8)5(10)6(11)4(2)9;. The maximum Gasteiger partial charge on any atom is 0.404 e. The fraction of sp³-hybridized carbons (Fsp3) is 0.0625. The number of alkyl halides is 4. The first-order valence-electron chi connectivity index (χ1n) is 14.2. The van der Waals surface area contributed by atoms with E-state index in [0.29, 0.717) is 0 Å². The summed E-state index contributed by atoms with van der Waals surface area (Å²) in [7, 11) is 0. The van der Waals surface area contributed by atoms with Crippen LogP contribution in [0.3, 0.4) is 0 Å². The van der Waals surface area contributed by atoms with Crippen molar-refractivity contribution in [1.82, 2.24) is 0 Å². The maximum absolute atomic E-state index is 16.2. The minimum absolute atomic E-state index is 2.62. The molecule has 0 aromatic heterocycles. The molecule has 5 aromatic rings. The highest BCUT2D eigenvalue weighted by Gasteiger charge is 2.61. The molecule has 0 saturated carbocycles. The first kappa shape index (κ1) is 39.3. The Bertz CT molecular complexity index is 2520. The molecular formula is C32AlF23. The van der Waals surface area contributed by atoms with Gasteiger partial charge in [0.15, 0.2) is 111 Å². The summed E-state index contributed by atoms with van der Waals surface area (Å²) < 4.78 is 341. The van der Waals surface area contributed by atoms with Gasteiger partial charge in [0.05, 0.1) is 11.1 Å². The van der Waals surface area contributed by atoms with Crippen LogP contribution in [0.5, 0.6) is 0 Å². The van der Waals surface area contributed by atoms with Crippen molar-refractivity contribution >= 4 is 27.4 Å². The summed E-state index contributed by atoms with van der Waals surface area (Å²) in [6.07, 6.45) is 0. The van der Waals surface area contributed by atoms with Crippen LogP contribution in [0.1, 0.15) is 22.3 Å². The third kappa shape index (κ3) is 4.47. The Morgan fingerprint density at radius 2 is 0.411 bits per heavy atom. The average Bonchev–Trinajstić information content (AvgIpc) is 3.54. The highest BCUT2D eigenvalue weighted by atomic mass is 27.2. The zero-order chi connectivity index (χ0) is 41.9. The lowest BCUT2D eigenvalue weighted by molar-refractivity contribution is 0.0433. The number of benzene rings is 5. The van der Waals surface area contributed by atoms with Gasteiger partial charge in [-0.25, -0.2) is 83.4 Å². The molecule has 5 aromatic carbocycles. The average molecular weight is 848 g/mol. The molecule has 0 aliphatic heterocycles. The lowest BCUT2D eigenvalue weighted by Crippen LogP contribution is -2.61. The van der Waals surface area contributed by atoms with E-state index in [1.807, 2.05) is 0 Å². The normalized spacial score (nSPS) is 14.6. The lowest BCUT2D eigenvalue weighted by atomic mass is 10.0. The van der Waals surface area contributed by atoms with Crippen LogP contribution < -0.4 is 13.3 Å². The third-order valence-electron chi connectivity index (χ3n) is 9.12. The number of rotatable bonds is 3. The van der Waals surface area contributed by atoms with E-state index in [-0.39, 0.29) is 0 Å². The van der Waals surface area contributed by atoms with Crippen molar-refractivity contribution in [2.75, 3.05) is 0 Å². The molecule has 292 valence electrons. The van der Waals surface area contributed by atoms with Crippen LogP contribution in [0.2, 0.25) is 0 Å². The highest BCUT2D eigenvalue weighted by molar-refractivity contribution is 6.96. The minimum atomic E-state index is -7.05. The fourth-order valence-corrected chi connectivity index (χ4v) is 10.5. The van der Waals surface area contributed by atoms with Gasteiger partial charge in [-0.05, 0) is 4.43 Å². The molecule has 0 saturated heterocycles. The summed E-state index contributed by atoms with van der Waals surface area (Å²) in [5.74, 6) is -74.4. The van der Waals surface area contributed by atoms with Gasteiger partial charge in [0.2, 0.25) is 0 Å². The Kier molecular flexibility index (Phi) is 8.43. The Labute approximate surface area is 295 Å². The number of halogens is 23. The van der Waals surface area contributed by atoms with Gasteiger partial charge in [0.25, 0.3) is 0 Å². The summed E-state index contributed by atoms with van der Waals surface area (Å²) in [5.41, 5.74) is -22.7. The molecule has 0 amide bonds. The second-order valence-electron chi connectivity index (χ2n) is 11.8. The molecule has 56 heavy (non-hydrogen) atoms. The largest absolute Gasteiger partial charge is 0.404 e. The van der Waals surface area contributed by atoms with Gasteiger partial charge >= 0.3 is 26.0 Å². The van der Waals surface area contributed by atoms with Crippen molar-refractivity contribution in [2.24, 2.45) is 0 Å². The molecular weight excluding hydrogens is 848 g/mol. The van der Waals surface area contributed by atoms with Gasteiger partial charge in [-0.2, -0.15) is 17.6 Å². The quantitative estimate of drug-likeness (QED) is 0.0737. The van der Waals surface area contributed by atoms with Crippen LogP contribution in [-0.4, -0.2) is 14.1 Å². The van der Waals surface area contributed by atoms with Crippen molar-refractivity contribution in [3.63, 3.8) is 0 Å². The van der Waals surface area contributed by atoms with Gasteiger partial charge in [-0.15, -0.1) is 0 Å². The Morgan fingerprint density at radius 1 is 0.214 bits per heavy atom. The van der Waals surface area contributed by atoms with Crippen LogP contribution in [-0.2, 0) is 11.8 Å². The van der Waals surface area contributed by atoms with Crippen LogP contribution in [0, 0.1) is 111 Å².